The van der Waals surface area contributed by atoms with Gasteiger partial charge >= 0.3 is 0 Å². The zero-order chi connectivity index (χ0) is 13.8. The third-order valence-electron chi connectivity index (χ3n) is 3.56. The van der Waals surface area contributed by atoms with Gasteiger partial charge in [0.25, 0.3) is 5.91 Å². The van der Waals surface area contributed by atoms with Crippen molar-refractivity contribution in [2.75, 3.05) is 11.9 Å². The van der Waals surface area contributed by atoms with E-state index in [-0.39, 0.29) is 11.8 Å². The quantitative estimate of drug-likeness (QED) is 0.908. The lowest BCUT2D eigenvalue weighted by molar-refractivity contribution is -0.114. The number of carbonyl (C=O) groups excluding carboxylic acids is 2. The van der Waals surface area contributed by atoms with Gasteiger partial charge in [0.2, 0.25) is 5.91 Å². The highest BCUT2D eigenvalue weighted by Gasteiger charge is 2.27. The van der Waals surface area contributed by atoms with E-state index in [4.69, 9.17) is 0 Å². The molecule has 0 saturated carbocycles. The van der Waals surface area contributed by atoms with Crippen LogP contribution in [0.25, 0.3) is 0 Å². The topological polar surface area (TPSA) is 49.4 Å². The van der Waals surface area contributed by atoms with Crippen LogP contribution in [0.4, 0.5) is 5.69 Å². The normalized spacial score (nSPS) is 18.4. The first kappa shape index (κ1) is 13.6. The Morgan fingerprint density at radius 3 is 2.58 bits per heavy atom. The number of nitrogens with zero attached hydrogens (tertiary/aromatic N) is 1. The second-order valence-electron chi connectivity index (χ2n) is 4.96. The van der Waals surface area contributed by atoms with Crippen molar-refractivity contribution in [2.24, 2.45) is 0 Å². The standard InChI is InChI=1S/C15H20N2O2/c1-3-14-5-4-10-17(14)15(19)12-6-8-13(9-7-12)16-11(2)18/h6-9,14H,3-5,10H2,1-2H3,(H,16,18). The first-order valence-corrected chi connectivity index (χ1v) is 6.80. The smallest absolute Gasteiger partial charge is 0.254 e. The van der Waals surface area contributed by atoms with E-state index in [0.717, 1.165) is 31.5 Å². The molecule has 1 saturated heterocycles. The van der Waals surface area contributed by atoms with E-state index in [0.29, 0.717) is 11.6 Å². The molecule has 1 N–H and O–H groups in total. The summed E-state index contributed by atoms with van der Waals surface area (Å²) in [6.45, 7) is 4.44. The Morgan fingerprint density at radius 2 is 2.00 bits per heavy atom. The van der Waals surface area contributed by atoms with Gasteiger partial charge in [0.05, 0.1) is 0 Å². The summed E-state index contributed by atoms with van der Waals surface area (Å²) in [5, 5.41) is 2.70. The maximum absolute atomic E-state index is 12.4. The zero-order valence-corrected chi connectivity index (χ0v) is 11.5. The van der Waals surface area contributed by atoms with Crippen LogP contribution >= 0.6 is 0 Å². The van der Waals surface area contributed by atoms with Crippen molar-refractivity contribution >= 4 is 17.5 Å². The zero-order valence-electron chi connectivity index (χ0n) is 11.5. The Kier molecular flexibility index (Phi) is 4.20. The maximum atomic E-state index is 12.4. The van der Waals surface area contributed by atoms with Crippen molar-refractivity contribution in [3.8, 4) is 0 Å². The van der Waals surface area contributed by atoms with Crippen LogP contribution in [0.5, 0.6) is 0 Å². The summed E-state index contributed by atoms with van der Waals surface area (Å²) >= 11 is 0. The molecule has 19 heavy (non-hydrogen) atoms. The summed E-state index contributed by atoms with van der Waals surface area (Å²) in [7, 11) is 0. The van der Waals surface area contributed by atoms with Gasteiger partial charge in [0.15, 0.2) is 0 Å². The van der Waals surface area contributed by atoms with Crippen LogP contribution in [0.1, 0.15) is 43.5 Å². The van der Waals surface area contributed by atoms with Crippen molar-refractivity contribution in [1.29, 1.82) is 0 Å². The van der Waals surface area contributed by atoms with E-state index >= 15 is 0 Å². The van der Waals surface area contributed by atoms with Gasteiger partial charge in [-0.2, -0.15) is 0 Å². The number of amides is 2. The third kappa shape index (κ3) is 3.13. The molecule has 1 aliphatic heterocycles. The molecule has 4 heteroatoms. The Balaban J connectivity index is 2.09. The SMILES string of the molecule is CCC1CCCN1C(=O)c1ccc(NC(C)=O)cc1. The number of rotatable bonds is 3. The summed E-state index contributed by atoms with van der Waals surface area (Å²) in [6, 6.07) is 7.47. The Hall–Kier alpha value is -1.84. The fraction of sp³-hybridized carbons (Fsp3) is 0.467. The van der Waals surface area contributed by atoms with Crippen molar-refractivity contribution in [3.63, 3.8) is 0 Å². The molecule has 1 aromatic carbocycles. The van der Waals surface area contributed by atoms with Crippen molar-refractivity contribution in [1.82, 2.24) is 4.90 Å². The van der Waals surface area contributed by atoms with Crippen molar-refractivity contribution < 1.29 is 9.59 Å². The predicted molar refractivity (Wildman–Crippen MR) is 75.1 cm³/mol. The number of nitrogens with one attached hydrogen (secondary N) is 1. The molecule has 1 heterocycles. The lowest BCUT2D eigenvalue weighted by Gasteiger charge is -2.23. The molecule has 2 rings (SSSR count). The lowest BCUT2D eigenvalue weighted by atomic mass is 10.1. The molecule has 1 aliphatic rings. The predicted octanol–water partition coefficient (Wildman–Crippen LogP) is 2.66. The maximum Gasteiger partial charge on any atom is 0.254 e. The van der Waals surface area contributed by atoms with Gasteiger partial charge in [0.1, 0.15) is 0 Å². The van der Waals surface area contributed by atoms with Crippen LogP contribution in [0, 0.1) is 0 Å². The van der Waals surface area contributed by atoms with Crippen molar-refractivity contribution in [2.45, 2.75) is 39.2 Å². The van der Waals surface area contributed by atoms with Crippen LogP contribution in [0.3, 0.4) is 0 Å². The molecule has 1 unspecified atom stereocenters. The first-order valence-electron chi connectivity index (χ1n) is 6.80. The number of hydrogen-bond acceptors (Lipinski definition) is 2. The molecule has 1 fully saturated rings. The molecule has 2 amide bonds. The Labute approximate surface area is 113 Å². The van der Waals surface area contributed by atoms with Crippen molar-refractivity contribution in [3.05, 3.63) is 29.8 Å². The second kappa shape index (κ2) is 5.87. The van der Waals surface area contributed by atoms with Crippen LogP contribution in [0.2, 0.25) is 0 Å². The number of carbonyl (C=O) groups is 2. The van der Waals surface area contributed by atoms with Crippen LogP contribution in [-0.2, 0) is 4.79 Å². The minimum absolute atomic E-state index is 0.0960. The molecule has 102 valence electrons. The van der Waals surface area contributed by atoms with Gasteiger partial charge in [0, 0.05) is 30.8 Å². The summed E-state index contributed by atoms with van der Waals surface area (Å²) in [5.41, 5.74) is 1.41. The minimum atomic E-state index is -0.107. The number of hydrogen-bond donors (Lipinski definition) is 1. The number of likely N-dealkylation sites (tertiary alicyclic amines) is 1. The summed E-state index contributed by atoms with van der Waals surface area (Å²) < 4.78 is 0. The fourth-order valence-corrected chi connectivity index (χ4v) is 2.59. The molecule has 0 aromatic heterocycles. The minimum Gasteiger partial charge on any atom is -0.336 e. The molecule has 1 atom stereocenters. The summed E-state index contributed by atoms with van der Waals surface area (Å²) in [4.78, 5) is 25.3. The fourth-order valence-electron chi connectivity index (χ4n) is 2.59. The van der Waals surface area contributed by atoms with Gasteiger partial charge in [-0.15, -0.1) is 0 Å². The molecule has 0 spiro atoms. The summed E-state index contributed by atoms with van der Waals surface area (Å²) in [5.74, 6) is -0.0107. The van der Waals surface area contributed by atoms with E-state index in [1.165, 1.54) is 6.92 Å². The van der Waals surface area contributed by atoms with E-state index < -0.39 is 0 Å². The monoisotopic (exact) mass is 260 g/mol. The Morgan fingerprint density at radius 1 is 1.32 bits per heavy atom. The van der Waals surface area contributed by atoms with E-state index in [2.05, 4.69) is 12.2 Å². The average Bonchev–Trinajstić information content (AvgIpc) is 2.86. The summed E-state index contributed by atoms with van der Waals surface area (Å²) in [6.07, 6.45) is 3.20. The van der Waals surface area contributed by atoms with Crippen LogP contribution in [-0.4, -0.2) is 29.3 Å². The first-order chi connectivity index (χ1) is 9.11. The van der Waals surface area contributed by atoms with E-state index in [9.17, 15) is 9.59 Å². The van der Waals surface area contributed by atoms with E-state index in [1.54, 1.807) is 24.3 Å². The number of benzene rings is 1. The molecule has 4 nitrogen and oxygen atoms in total. The molecule has 1 aromatic rings. The molecular formula is C15H20N2O2. The van der Waals surface area contributed by atoms with Gasteiger partial charge < -0.3 is 10.2 Å². The highest BCUT2D eigenvalue weighted by atomic mass is 16.2. The highest BCUT2D eigenvalue weighted by Crippen LogP contribution is 2.22. The Bertz CT molecular complexity index is 468. The van der Waals surface area contributed by atoms with Crippen LogP contribution in [0.15, 0.2) is 24.3 Å². The van der Waals surface area contributed by atoms with Gasteiger partial charge in [-0.1, -0.05) is 6.92 Å². The molecule has 0 bridgehead atoms. The van der Waals surface area contributed by atoms with Crippen LogP contribution < -0.4 is 5.32 Å². The lowest BCUT2D eigenvalue weighted by Crippen LogP contribution is -2.35. The van der Waals surface area contributed by atoms with Gasteiger partial charge in [-0.05, 0) is 43.5 Å². The molecule has 0 radical (unpaired) electrons. The highest BCUT2D eigenvalue weighted by molar-refractivity contribution is 5.95. The largest absolute Gasteiger partial charge is 0.336 e. The average molecular weight is 260 g/mol. The second-order valence-corrected chi connectivity index (χ2v) is 4.96. The number of anilines is 1. The molecular weight excluding hydrogens is 240 g/mol. The van der Waals surface area contributed by atoms with E-state index in [1.807, 2.05) is 4.90 Å². The third-order valence-corrected chi connectivity index (χ3v) is 3.56. The molecule has 0 aliphatic carbocycles. The van der Waals surface area contributed by atoms with Gasteiger partial charge in [-0.3, -0.25) is 9.59 Å². The van der Waals surface area contributed by atoms with Gasteiger partial charge in [-0.25, -0.2) is 0 Å².